The van der Waals surface area contributed by atoms with Gasteiger partial charge in [-0.2, -0.15) is 10.2 Å². The average Bonchev–Trinajstić information content (AvgIpc) is 3.32. The van der Waals surface area contributed by atoms with Crippen molar-refractivity contribution in [2.75, 3.05) is 19.5 Å². The Hall–Kier alpha value is -3.00. The lowest BCUT2D eigenvalue weighted by molar-refractivity contribution is 0.216. The van der Waals surface area contributed by atoms with Crippen molar-refractivity contribution in [3.05, 3.63) is 46.8 Å². The van der Waals surface area contributed by atoms with Crippen LogP contribution in [-0.2, 0) is 14.8 Å². The van der Waals surface area contributed by atoms with Crippen LogP contribution < -0.4 is 9.46 Å². The smallest absolute Gasteiger partial charge is 0.258 e. The molecule has 1 atom stereocenters. The van der Waals surface area contributed by atoms with Gasteiger partial charge in [-0.25, -0.2) is 13.1 Å². The fourth-order valence-electron chi connectivity index (χ4n) is 4.51. The second kappa shape index (κ2) is 10.7. The maximum Gasteiger partial charge on any atom is 0.258 e. The van der Waals surface area contributed by atoms with Gasteiger partial charge in [-0.1, -0.05) is 11.2 Å². The Morgan fingerprint density at radius 3 is 2.86 bits per heavy atom. The lowest BCUT2D eigenvalue weighted by Crippen LogP contribution is -2.40. The Labute approximate surface area is 205 Å². The number of methoxy groups -OCH3 is 1. The van der Waals surface area contributed by atoms with Crippen LogP contribution in [0, 0.1) is 11.3 Å². The van der Waals surface area contributed by atoms with Crippen molar-refractivity contribution in [2.24, 2.45) is 0 Å². The summed E-state index contributed by atoms with van der Waals surface area (Å²) in [4.78, 5) is 4.63. The van der Waals surface area contributed by atoms with E-state index >= 15 is 0 Å². The fourth-order valence-corrected chi connectivity index (χ4v) is 5.70. The van der Waals surface area contributed by atoms with E-state index in [4.69, 9.17) is 14.0 Å². The molecule has 35 heavy (non-hydrogen) atoms. The number of aromatic nitrogens is 2. The van der Waals surface area contributed by atoms with Crippen LogP contribution >= 0.6 is 0 Å². The normalized spacial score (nSPS) is 18.3. The maximum absolute atomic E-state index is 12.5. The van der Waals surface area contributed by atoms with Gasteiger partial charge < -0.3 is 14.0 Å². The standard InChI is InChI=1S/C25H30N4O5S/c1-16(2)33-23-11-10-17(14-18(23)15-26)25-27-24(28-34-25)21-8-4-7-20-19(21)6-5-9-22(20)29-35(30,31)13-12-32-3/h7,10-11,14,16,22,29H,4-6,8-9,12-13H2,1-3H3. The zero-order valence-electron chi connectivity index (χ0n) is 20.2. The minimum absolute atomic E-state index is 0.0475. The molecule has 1 heterocycles. The minimum atomic E-state index is -3.45. The van der Waals surface area contributed by atoms with Gasteiger partial charge in [-0.05, 0) is 75.3 Å². The number of hydrogen-bond donors (Lipinski definition) is 1. The molecule has 4 rings (SSSR count). The van der Waals surface area contributed by atoms with Crippen molar-refractivity contribution in [1.82, 2.24) is 14.9 Å². The summed E-state index contributed by atoms with van der Waals surface area (Å²) >= 11 is 0. The second-order valence-electron chi connectivity index (χ2n) is 8.94. The number of fused-ring (bicyclic) bond motifs is 1. The number of allylic oxidation sites excluding steroid dienone is 2. The highest BCUT2D eigenvalue weighted by Crippen LogP contribution is 2.40. The van der Waals surface area contributed by atoms with Crippen LogP contribution in [0.1, 0.15) is 57.3 Å². The summed E-state index contributed by atoms with van der Waals surface area (Å²) in [5, 5.41) is 13.8. The summed E-state index contributed by atoms with van der Waals surface area (Å²) in [5.74, 6) is 1.27. The van der Waals surface area contributed by atoms with Crippen LogP contribution in [0.25, 0.3) is 17.0 Å². The van der Waals surface area contributed by atoms with E-state index < -0.39 is 10.0 Å². The average molecular weight is 499 g/mol. The third-order valence-corrected chi connectivity index (χ3v) is 7.40. The molecular formula is C25H30N4O5S. The molecule has 0 aliphatic heterocycles. The number of nitriles is 1. The van der Waals surface area contributed by atoms with Crippen LogP contribution in [0.5, 0.6) is 5.75 Å². The molecular weight excluding hydrogens is 468 g/mol. The molecule has 0 amide bonds. The van der Waals surface area contributed by atoms with Gasteiger partial charge in [0.25, 0.3) is 5.89 Å². The molecule has 1 fully saturated rings. The topological polar surface area (TPSA) is 127 Å². The Bertz CT molecular complexity index is 1290. The highest BCUT2D eigenvalue weighted by molar-refractivity contribution is 7.89. The van der Waals surface area contributed by atoms with Gasteiger partial charge in [-0.3, -0.25) is 0 Å². The fraction of sp³-hybridized carbons (Fsp3) is 0.480. The maximum atomic E-state index is 12.5. The van der Waals surface area contributed by atoms with Crippen LogP contribution in [0.2, 0.25) is 0 Å². The monoisotopic (exact) mass is 498 g/mol. The summed E-state index contributed by atoms with van der Waals surface area (Å²) in [6.45, 7) is 3.96. The van der Waals surface area contributed by atoms with Crippen molar-refractivity contribution in [1.29, 1.82) is 5.26 Å². The van der Waals surface area contributed by atoms with Crippen molar-refractivity contribution in [3.63, 3.8) is 0 Å². The first kappa shape index (κ1) is 25.1. The summed E-state index contributed by atoms with van der Waals surface area (Å²) in [6.07, 6.45) is 6.04. The molecule has 1 N–H and O–H groups in total. The molecule has 186 valence electrons. The van der Waals surface area contributed by atoms with Crippen LogP contribution in [0.3, 0.4) is 0 Å². The molecule has 2 aliphatic rings. The van der Waals surface area contributed by atoms with E-state index in [1.165, 1.54) is 7.11 Å². The zero-order valence-corrected chi connectivity index (χ0v) is 21.0. The van der Waals surface area contributed by atoms with Crippen LogP contribution in [0.15, 0.2) is 39.9 Å². The number of nitrogens with one attached hydrogen (secondary N) is 1. The van der Waals surface area contributed by atoms with Gasteiger partial charge in [0.1, 0.15) is 11.8 Å². The van der Waals surface area contributed by atoms with Crippen molar-refractivity contribution in [3.8, 4) is 23.3 Å². The molecule has 0 spiro atoms. The summed E-state index contributed by atoms with van der Waals surface area (Å²) in [5.41, 5.74) is 4.12. The number of hydrogen-bond acceptors (Lipinski definition) is 8. The SMILES string of the molecule is COCCS(=O)(=O)NC1CCCC2=C(c3noc(-c4ccc(OC(C)C)c(C#N)c4)n3)CCC=C21. The van der Waals surface area contributed by atoms with E-state index in [-0.39, 0.29) is 24.5 Å². The largest absolute Gasteiger partial charge is 0.490 e. The first-order valence-electron chi connectivity index (χ1n) is 11.8. The predicted molar refractivity (Wildman–Crippen MR) is 131 cm³/mol. The summed E-state index contributed by atoms with van der Waals surface area (Å²) in [7, 11) is -1.96. The van der Waals surface area contributed by atoms with Gasteiger partial charge in [0.15, 0.2) is 5.82 Å². The minimum Gasteiger partial charge on any atom is -0.490 e. The second-order valence-corrected chi connectivity index (χ2v) is 10.8. The molecule has 10 heteroatoms. The molecule has 1 aromatic heterocycles. The molecule has 2 aromatic rings. The Kier molecular flexibility index (Phi) is 7.69. The third kappa shape index (κ3) is 5.81. The van der Waals surface area contributed by atoms with Crippen molar-refractivity contribution >= 4 is 15.6 Å². The van der Waals surface area contributed by atoms with Gasteiger partial charge in [-0.15, -0.1) is 0 Å². The molecule has 2 aliphatic carbocycles. The van der Waals surface area contributed by atoms with E-state index in [9.17, 15) is 13.7 Å². The van der Waals surface area contributed by atoms with Crippen LogP contribution in [0.4, 0.5) is 0 Å². The van der Waals surface area contributed by atoms with E-state index in [0.29, 0.717) is 28.6 Å². The van der Waals surface area contributed by atoms with Crippen molar-refractivity contribution in [2.45, 2.75) is 58.1 Å². The van der Waals surface area contributed by atoms with Crippen molar-refractivity contribution < 1.29 is 22.4 Å². The lowest BCUT2D eigenvalue weighted by Gasteiger charge is -2.32. The Morgan fingerprint density at radius 2 is 2.11 bits per heavy atom. The molecule has 0 saturated heterocycles. The van der Waals surface area contributed by atoms with E-state index in [1.807, 2.05) is 13.8 Å². The first-order valence-corrected chi connectivity index (χ1v) is 13.4. The highest BCUT2D eigenvalue weighted by Gasteiger charge is 2.31. The van der Waals surface area contributed by atoms with Crippen LogP contribution in [-0.4, -0.2) is 50.2 Å². The quantitative estimate of drug-likeness (QED) is 0.550. The van der Waals surface area contributed by atoms with Gasteiger partial charge >= 0.3 is 0 Å². The van der Waals surface area contributed by atoms with E-state index in [2.05, 4.69) is 27.0 Å². The lowest BCUT2D eigenvalue weighted by atomic mass is 9.78. The molecule has 9 nitrogen and oxygen atoms in total. The molecule has 1 saturated carbocycles. The number of sulfonamides is 1. The molecule has 1 unspecified atom stereocenters. The summed E-state index contributed by atoms with van der Waals surface area (Å²) < 4.78 is 44.0. The number of rotatable bonds is 9. The van der Waals surface area contributed by atoms with Gasteiger partial charge in [0.05, 0.1) is 24.0 Å². The van der Waals surface area contributed by atoms with E-state index in [1.54, 1.807) is 18.2 Å². The number of ether oxygens (including phenoxy) is 2. The predicted octanol–water partition coefficient (Wildman–Crippen LogP) is 3.99. The number of benzene rings is 1. The highest BCUT2D eigenvalue weighted by atomic mass is 32.2. The van der Waals surface area contributed by atoms with E-state index in [0.717, 1.165) is 48.8 Å². The Balaban J connectivity index is 1.60. The zero-order chi connectivity index (χ0) is 25.0. The third-order valence-electron chi connectivity index (χ3n) is 6.05. The first-order chi connectivity index (χ1) is 16.8. The van der Waals surface area contributed by atoms with Gasteiger partial charge in [0.2, 0.25) is 10.0 Å². The number of nitrogens with zero attached hydrogens (tertiary/aromatic N) is 3. The summed E-state index contributed by atoms with van der Waals surface area (Å²) in [6, 6.07) is 7.11. The van der Waals surface area contributed by atoms with Gasteiger partial charge in [0, 0.05) is 24.3 Å². The molecule has 0 bridgehead atoms. The molecule has 0 radical (unpaired) electrons. The molecule has 1 aromatic carbocycles. The Morgan fingerprint density at radius 1 is 1.29 bits per heavy atom.